The summed E-state index contributed by atoms with van der Waals surface area (Å²) in [6.07, 6.45) is 0. The minimum Gasteiger partial charge on any atom is -0.497 e. The van der Waals surface area contributed by atoms with Crippen LogP contribution in [0.15, 0.2) is 39.8 Å². The molecule has 0 bridgehead atoms. The molecule has 7 nitrogen and oxygen atoms in total. The van der Waals surface area contributed by atoms with Crippen molar-refractivity contribution in [1.29, 1.82) is 0 Å². The van der Waals surface area contributed by atoms with Gasteiger partial charge in [-0.15, -0.1) is 0 Å². The van der Waals surface area contributed by atoms with Crippen LogP contribution in [0.4, 0.5) is 5.82 Å². The fourth-order valence-electron chi connectivity index (χ4n) is 2.13. The molecule has 26 heavy (non-hydrogen) atoms. The zero-order valence-electron chi connectivity index (χ0n) is 15.8. The average Bonchev–Trinajstić information content (AvgIpc) is 3.03. The van der Waals surface area contributed by atoms with Gasteiger partial charge in [-0.1, -0.05) is 25.9 Å². The first-order valence-corrected chi connectivity index (χ1v) is 9.55. The number of carbonyl (C=O) groups excluding carboxylic acids is 1. The maximum absolute atomic E-state index is 12.9. The highest BCUT2D eigenvalue weighted by Gasteiger charge is 2.43. The van der Waals surface area contributed by atoms with Crippen LogP contribution in [-0.4, -0.2) is 31.3 Å². The summed E-state index contributed by atoms with van der Waals surface area (Å²) < 4.78 is 34.3. The van der Waals surface area contributed by atoms with Crippen LogP contribution in [0.5, 0.6) is 5.75 Å². The van der Waals surface area contributed by atoms with Gasteiger partial charge < -0.3 is 14.6 Å². The largest absolute Gasteiger partial charge is 0.497 e. The molecule has 0 saturated carbocycles. The first kappa shape index (κ1) is 20.0. The first-order valence-electron chi connectivity index (χ1n) is 8.07. The van der Waals surface area contributed by atoms with E-state index >= 15 is 0 Å². The van der Waals surface area contributed by atoms with Gasteiger partial charge in [0.15, 0.2) is 15.7 Å². The zero-order chi connectivity index (χ0) is 19.8. The number of amides is 1. The number of methoxy groups -OCH3 is 1. The predicted molar refractivity (Wildman–Crippen MR) is 98.1 cm³/mol. The van der Waals surface area contributed by atoms with Crippen LogP contribution in [0.25, 0.3) is 0 Å². The van der Waals surface area contributed by atoms with Gasteiger partial charge in [0.25, 0.3) is 0 Å². The lowest BCUT2D eigenvalue weighted by atomic mass is 9.93. The third-order valence-corrected chi connectivity index (χ3v) is 6.50. The van der Waals surface area contributed by atoms with Crippen molar-refractivity contribution >= 4 is 21.6 Å². The molecule has 2 rings (SSSR count). The molecule has 0 atom stereocenters. The molecule has 0 aliphatic rings. The number of nitrogens with one attached hydrogen (secondary N) is 1. The lowest BCUT2D eigenvalue weighted by Gasteiger charge is -2.23. The lowest BCUT2D eigenvalue weighted by Crippen LogP contribution is -2.44. The van der Waals surface area contributed by atoms with E-state index in [-0.39, 0.29) is 16.1 Å². The molecule has 0 fully saturated rings. The van der Waals surface area contributed by atoms with Crippen LogP contribution < -0.4 is 10.1 Å². The third kappa shape index (κ3) is 3.75. The van der Waals surface area contributed by atoms with Crippen molar-refractivity contribution < 1.29 is 22.5 Å². The van der Waals surface area contributed by atoms with Gasteiger partial charge in [-0.3, -0.25) is 4.79 Å². The van der Waals surface area contributed by atoms with E-state index in [1.807, 2.05) is 20.8 Å². The zero-order valence-corrected chi connectivity index (χ0v) is 16.6. The average molecular weight is 380 g/mol. The van der Waals surface area contributed by atoms with Crippen molar-refractivity contribution in [2.24, 2.45) is 0 Å². The highest BCUT2D eigenvalue weighted by atomic mass is 32.2. The second-order valence-electron chi connectivity index (χ2n) is 7.47. The molecule has 1 N–H and O–H groups in total. The molecule has 0 radical (unpaired) electrons. The van der Waals surface area contributed by atoms with Crippen molar-refractivity contribution in [3.8, 4) is 5.75 Å². The molecule has 1 amide bonds. The van der Waals surface area contributed by atoms with E-state index < -0.39 is 20.5 Å². The highest BCUT2D eigenvalue weighted by molar-refractivity contribution is 7.93. The second kappa shape index (κ2) is 6.75. The smallest absolute Gasteiger partial charge is 0.246 e. The number of benzene rings is 1. The van der Waals surface area contributed by atoms with Crippen LogP contribution in [-0.2, 0) is 20.0 Å². The van der Waals surface area contributed by atoms with Gasteiger partial charge in [-0.25, -0.2) is 8.42 Å². The summed E-state index contributed by atoms with van der Waals surface area (Å²) in [4.78, 5) is 12.7. The Bertz CT molecular complexity index is 890. The standard InChI is InChI=1S/C18H24N2O5S/c1-17(2,3)14-11-15(20-25-14)19-16(21)18(4,5)26(22,23)13-9-7-12(24-6)8-10-13/h7-11H,1-6H3,(H,19,20,21). The minimum atomic E-state index is -3.93. The molecule has 0 spiro atoms. The Labute approximate surface area is 153 Å². The summed E-state index contributed by atoms with van der Waals surface area (Å²) in [6.45, 7) is 8.53. The summed E-state index contributed by atoms with van der Waals surface area (Å²) in [7, 11) is -2.44. The van der Waals surface area contributed by atoms with Crippen LogP contribution in [0.2, 0.25) is 0 Å². The number of hydrogen-bond acceptors (Lipinski definition) is 6. The molecular weight excluding hydrogens is 356 g/mol. The summed E-state index contributed by atoms with van der Waals surface area (Å²) >= 11 is 0. The molecule has 1 heterocycles. The maximum atomic E-state index is 12.9. The number of nitrogens with zero attached hydrogens (tertiary/aromatic N) is 1. The van der Waals surface area contributed by atoms with Gasteiger partial charge in [-0.2, -0.15) is 0 Å². The Kier molecular flexibility index (Phi) is 5.19. The summed E-state index contributed by atoms with van der Waals surface area (Å²) in [6, 6.07) is 7.49. The number of aromatic nitrogens is 1. The molecular formula is C18H24N2O5S. The lowest BCUT2D eigenvalue weighted by molar-refractivity contribution is -0.117. The number of sulfone groups is 1. The number of anilines is 1. The Balaban J connectivity index is 2.26. The SMILES string of the molecule is COc1ccc(S(=O)(=O)C(C)(C)C(=O)Nc2cc(C(C)(C)C)on2)cc1. The quantitative estimate of drug-likeness (QED) is 0.855. The van der Waals surface area contributed by atoms with Crippen LogP contribution >= 0.6 is 0 Å². The fraction of sp³-hybridized carbons (Fsp3) is 0.444. The normalized spacial score (nSPS) is 12.7. The molecule has 2 aromatic rings. The Morgan fingerprint density at radius 3 is 2.15 bits per heavy atom. The minimum absolute atomic E-state index is 0.0361. The Hall–Kier alpha value is -2.35. The van der Waals surface area contributed by atoms with E-state index in [1.54, 1.807) is 6.07 Å². The van der Waals surface area contributed by atoms with E-state index in [1.165, 1.54) is 45.2 Å². The topological polar surface area (TPSA) is 98.5 Å². The van der Waals surface area contributed by atoms with Crippen molar-refractivity contribution in [2.45, 2.75) is 49.7 Å². The fourth-order valence-corrected chi connectivity index (χ4v) is 3.50. The van der Waals surface area contributed by atoms with E-state index in [0.29, 0.717) is 11.5 Å². The molecule has 0 saturated heterocycles. The number of carbonyl (C=O) groups is 1. The number of hydrogen-bond donors (Lipinski definition) is 1. The number of rotatable bonds is 5. The monoisotopic (exact) mass is 380 g/mol. The molecule has 8 heteroatoms. The molecule has 0 unspecified atom stereocenters. The van der Waals surface area contributed by atoms with Gasteiger partial charge in [0, 0.05) is 11.5 Å². The van der Waals surface area contributed by atoms with Crippen molar-refractivity contribution in [3.05, 3.63) is 36.1 Å². The van der Waals surface area contributed by atoms with E-state index in [9.17, 15) is 13.2 Å². The van der Waals surface area contributed by atoms with Gasteiger partial charge >= 0.3 is 0 Å². The maximum Gasteiger partial charge on any atom is 0.246 e. The Morgan fingerprint density at radius 1 is 1.12 bits per heavy atom. The second-order valence-corrected chi connectivity index (χ2v) is 9.97. The predicted octanol–water partition coefficient (Wildman–Crippen LogP) is 3.17. The van der Waals surface area contributed by atoms with Crippen LogP contribution in [0, 0.1) is 0 Å². The van der Waals surface area contributed by atoms with E-state index in [4.69, 9.17) is 9.26 Å². The Morgan fingerprint density at radius 2 is 1.69 bits per heavy atom. The van der Waals surface area contributed by atoms with Crippen molar-refractivity contribution in [3.63, 3.8) is 0 Å². The third-order valence-electron chi connectivity index (χ3n) is 4.08. The van der Waals surface area contributed by atoms with Gasteiger partial charge in [0.1, 0.15) is 16.3 Å². The molecule has 0 aliphatic heterocycles. The van der Waals surface area contributed by atoms with Gasteiger partial charge in [-0.05, 0) is 38.1 Å². The highest BCUT2D eigenvalue weighted by Crippen LogP contribution is 2.29. The van der Waals surface area contributed by atoms with Crippen LogP contribution in [0.1, 0.15) is 40.4 Å². The summed E-state index contributed by atoms with van der Waals surface area (Å²) in [5, 5.41) is 6.32. The van der Waals surface area contributed by atoms with E-state index in [0.717, 1.165) is 0 Å². The molecule has 0 aliphatic carbocycles. The molecule has 1 aromatic carbocycles. The van der Waals surface area contributed by atoms with Crippen LogP contribution in [0.3, 0.4) is 0 Å². The van der Waals surface area contributed by atoms with Crippen molar-refractivity contribution in [1.82, 2.24) is 5.16 Å². The van der Waals surface area contributed by atoms with Crippen molar-refractivity contribution in [2.75, 3.05) is 12.4 Å². The first-order chi connectivity index (χ1) is 11.9. The van der Waals surface area contributed by atoms with Gasteiger partial charge in [0.2, 0.25) is 5.91 Å². The van der Waals surface area contributed by atoms with E-state index in [2.05, 4.69) is 10.5 Å². The number of ether oxygens (including phenoxy) is 1. The molecule has 1 aromatic heterocycles. The summed E-state index contributed by atoms with van der Waals surface area (Å²) in [5.74, 6) is 0.604. The van der Waals surface area contributed by atoms with Gasteiger partial charge in [0.05, 0.1) is 12.0 Å². The summed E-state index contributed by atoms with van der Waals surface area (Å²) in [5.41, 5.74) is -0.277. The molecule has 142 valence electrons.